The lowest BCUT2D eigenvalue weighted by Gasteiger charge is -2.32. The first-order valence-electron chi connectivity index (χ1n) is 8.85. The normalized spacial score (nSPS) is 24.0. The molecule has 0 aromatic carbocycles. The summed E-state index contributed by atoms with van der Waals surface area (Å²) in [5.74, 6) is 1.04. The maximum atomic E-state index is 6.09. The van der Waals surface area contributed by atoms with E-state index in [1.54, 1.807) is 0 Å². The Morgan fingerprint density at radius 1 is 1.04 bits per heavy atom. The zero-order valence-electron chi connectivity index (χ0n) is 15.1. The van der Waals surface area contributed by atoms with Crippen LogP contribution >= 0.6 is 0 Å². The number of hydrogen-bond donors (Lipinski definition) is 0. The van der Waals surface area contributed by atoms with E-state index in [2.05, 4.69) is 56.8 Å². The Bertz CT molecular complexity index is 522. The zero-order valence-corrected chi connectivity index (χ0v) is 15.1. The molecule has 2 heterocycles. The lowest BCUT2D eigenvalue weighted by Crippen LogP contribution is -2.41. The van der Waals surface area contributed by atoms with E-state index in [0.29, 0.717) is 6.04 Å². The molecule has 1 aliphatic carbocycles. The number of aromatic nitrogens is 1. The molecule has 2 aliphatic rings. The minimum Gasteiger partial charge on any atom is -0.399 e. The second-order valence-electron chi connectivity index (χ2n) is 7.94. The summed E-state index contributed by atoms with van der Waals surface area (Å²) in [4.78, 5) is 6.99. The first-order chi connectivity index (χ1) is 10.8. The molecule has 0 N–H and O–H groups in total. The zero-order chi connectivity index (χ0) is 16.7. The Hall–Kier alpha value is -1.07. The largest absolute Gasteiger partial charge is 0.496 e. The van der Waals surface area contributed by atoms with Crippen LogP contribution in [0, 0.1) is 0 Å². The van der Waals surface area contributed by atoms with Crippen LogP contribution in [0.3, 0.4) is 0 Å². The summed E-state index contributed by atoms with van der Waals surface area (Å²) in [5, 5.41) is 0. The van der Waals surface area contributed by atoms with Crippen LogP contribution in [0.5, 0.6) is 0 Å². The van der Waals surface area contributed by atoms with Gasteiger partial charge in [-0.2, -0.15) is 0 Å². The third kappa shape index (κ3) is 3.27. The molecule has 0 atom stereocenters. The summed E-state index contributed by atoms with van der Waals surface area (Å²) in [6, 6.07) is 4.80. The monoisotopic (exact) mass is 316 g/mol. The second-order valence-corrected chi connectivity index (χ2v) is 7.94. The molecule has 1 aromatic heterocycles. The molecular weight excluding hydrogens is 287 g/mol. The van der Waals surface area contributed by atoms with Gasteiger partial charge in [0, 0.05) is 24.7 Å². The average molecular weight is 316 g/mol. The summed E-state index contributed by atoms with van der Waals surface area (Å²) in [6.07, 6.45) is 8.49. The molecule has 4 nitrogen and oxygen atoms in total. The summed E-state index contributed by atoms with van der Waals surface area (Å²) in [7, 11) is 1.83. The van der Waals surface area contributed by atoms with Gasteiger partial charge >= 0.3 is 7.12 Å². The van der Waals surface area contributed by atoms with E-state index in [0.717, 1.165) is 11.3 Å². The van der Waals surface area contributed by atoms with E-state index in [-0.39, 0.29) is 18.3 Å². The predicted molar refractivity (Wildman–Crippen MR) is 95.2 cm³/mol. The predicted octanol–water partition coefficient (Wildman–Crippen LogP) is 3.15. The highest BCUT2D eigenvalue weighted by Gasteiger charge is 2.51. The summed E-state index contributed by atoms with van der Waals surface area (Å²) >= 11 is 0. The van der Waals surface area contributed by atoms with Crippen LogP contribution in [0.1, 0.15) is 59.8 Å². The van der Waals surface area contributed by atoms with Crippen molar-refractivity contribution in [1.82, 2.24) is 4.98 Å². The molecule has 2 fully saturated rings. The number of anilines is 1. The minimum absolute atomic E-state index is 0.310. The van der Waals surface area contributed by atoms with E-state index < -0.39 is 0 Å². The van der Waals surface area contributed by atoms with Gasteiger partial charge in [-0.15, -0.1) is 0 Å². The minimum atomic E-state index is -0.332. The Kier molecular flexibility index (Phi) is 4.45. The van der Waals surface area contributed by atoms with E-state index in [1.165, 1.54) is 32.1 Å². The van der Waals surface area contributed by atoms with Gasteiger partial charge in [-0.1, -0.05) is 25.3 Å². The highest BCUT2D eigenvalue weighted by Crippen LogP contribution is 2.36. The molecule has 5 heteroatoms. The number of pyridine rings is 1. The third-order valence-electron chi connectivity index (χ3n) is 5.78. The van der Waals surface area contributed by atoms with Gasteiger partial charge < -0.3 is 14.2 Å². The van der Waals surface area contributed by atoms with Crippen LogP contribution in [-0.4, -0.2) is 36.4 Å². The molecular formula is C18H29BN2O2. The van der Waals surface area contributed by atoms with E-state index in [4.69, 9.17) is 9.31 Å². The lowest BCUT2D eigenvalue weighted by atomic mass is 9.80. The van der Waals surface area contributed by atoms with Gasteiger partial charge in [0.2, 0.25) is 0 Å². The first-order valence-corrected chi connectivity index (χ1v) is 8.85. The molecule has 0 radical (unpaired) electrons. The Labute approximate surface area is 140 Å². The fourth-order valence-electron chi connectivity index (χ4n) is 3.38. The Morgan fingerprint density at radius 3 is 2.17 bits per heavy atom. The Balaban J connectivity index is 1.70. The standard InChI is InChI=1S/C18H29BN2O2/c1-17(2)18(3,4)23-19(22-17)14-11-12-16(20-13-14)21(5)15-9-7-6-8-10-15/h11-13,15H,6-10H2,1-5H3. The third-order valence-corrected chi connectivity index (χ3v) is 5.78. The van der Waals surface area contributed by atoms with Crippen LogP contribution < -0.4 is 10.4 Å². The molecule has 1 aromatic rings. The van der Waals surface area contributed by atoms with Crippen molar-refractivity contribution in [2.24, 2.45) is 0 Å². The molecule has 0 unspecified atom stereocenters. The Morgan fingerprint density at radius 2 is 1.65 bits per heavy atom. The van der Waals surface area contributed by atoms with Crippen molar-refractivity contribution in [3.8, 4) is 0 Å². The van der Waals surface area contributed by atoms with Crippen LogP contribution in [0.4, 0.5) is 5.82 Å². The van der Waals surface area contributed by atoms with Gasteiger partial charge in [0.05, 0.1) is 11.2 Å². The van der Waals surface area contributed by atoms with E-state index in [9.17, 15) is 0 Å². The molecule has 1 aliphatic heterocycles. The van der Waals surface area contributed by atoms with E-state index >= 15 is 0 Å². The summed E-state index contributed by atoms with van der Waals surface area (Å²) < 4.78 is 12.2. The second kappa shape index (κ2) is 6.10. The van der Waals surface area contributed by atoms with Crippen molar-refractivity contribution >= 4 is 18.4 Å². The van der Waals surface area contributed by atoms with Gasteiger partial charge in [-0.25, -0.2) is 4.98 Å². The van der Waals surface area contributed by atoms with Gasteiger partial charge in [-0.3, -0.25) is 0 Å². The van der Waals surface area contributed by atoms with Crippen molar-refractivity contribution in [2.75, 3.05) is 11.9 Å². The molecule has 1 saturated carbocycles. The highest BCUT2D eigenvalue weighted by atomic mass is 16.7. The van der Waals surface area contributed by atoms with Crippen molar-refractivity contribution < 1.29 is 9.31 Å². The highest BCUT2D eigenvalue weighted by molar-refractivity contribution is 6.62. The first kappa shape index (κ1) is 16.8. The summed E-state index contributed by atoms with van der Waals surface area (Å²) in [6.45, 7) is 8.30. The quantitative estimate of drug-likeness (QED) is 0.803. The van der Waals surface area contributed by atoms with Crippen LogP contribution in [0.15, 0.2) is 18.3 Å². The smallest absolute Gasteiger partial charge is 0.399 e. The number of hydrogen-bond acceptors (Lipinski definition) is 4. The molecule has 0 amide bonds. The average Bonchev–Trinajstić information content (AvgIpc) is 2.76. The van der Waals surface area contributed by atoms with Crippen LogP contribution in [-0.2, 0) is 9.31 Å². The molecule has 3 rings (SSSR count). The van der Waals surface area contributed by atoms with Crippen molar-refractivity contribution in [2.45, 2.75) is 77.0 Å². The van der Waals surface area contributed by atoms with Gasteiger partial charge in [0.15, 0.2) is 0 Å². The number of nitrogens with zero attached hydrogens (tertiary/aromatic N) is 2. The van der Waals surface area contributed by atoms with Gasteiger partial charge in [0.25, 0.3) is 0 Å². The molecule has 1 saturated heterocycles. The van der Waals surface area contributed by atoms with Crippen LogP contribution in [0.2, 0.25) is 0 Å². The molecule has 0 bridgehead atoms. The lowest BCUT2D eigenvalue weighted by molar-refractivity contribution is 0.00578. The van der Waals surface area contributed by atoms with Crippen LogP contribution in [0.25, 0.3) is 0 Å². The fraction of sp³-hybridized carbons (Fsp3) is 0.722. The maximum absolute atomic E-state index is 6.09. The van der Waals surface area contributed by atoms with Gasteiger partial charge in [0.1, 0.15) is 5.82 Å². The van der Waals surface area contributed by atoms with Gasteiger partial charge in [-0.05, 0) is 46.6 Å². The fourth-order valence-corrected chi connectivity index (χ4v) is 3.38. The molecule has 126 valence electrons. The van der Waals surface area contributed by atoms with Crippen molar-refractivity contribution in [3.05, 3.63) is 18.3 Å². The maximum Gasteiger partial charge on any atom is 0.496 e. The molecule has 0 spiro atoms. The SMILES string of the molecule is CN(c1ccc(B2OC(C)(C)C(C)(C)O2)cn1)C1CCCCC1. The van der Waals surface area contributed by atoms with Crippen molar-refractivity contribution in [1.29, 1.82) is 0 Å². The van der Waals surface area contributed by atoms with Crippen molar-refractivity contribution in [3.63, 3.8) is 0 Å². The summed E-state index contributed by atoms with van der Waals surface area (Å²) in [5.41, 5.74) is 0.370. The topological polar surface area (TPSA) is 34.6 Å². The number of rotatable bonds is 3. The molecule has 23 heavy (non-hydrogen) atoms. The van der Waals surface area contributed by atoms with E-state index in [1.807, 2.05) is 6.20 Å².